The van der Waals surface area contributed by atoms with E-state index in [1.807, 2.05) is 0 Å². The first-order chi connectivity index (χ1) is 1.73. The molecule has 0 aliphatic rings. The van der Waals surface area contributed by atoms with Gasteiger partial charge in [-0.15, -0.1) is 12.6 Å². The molecule has 0 heterocycles. The van der Waals surface area contributed by atoms with Gasteiger partial charge in [-0.3, -0.25) is 0 Å². The summed E-state index contributed by atoms with van der Waals surface area (Å²) in [5.74, 6) is 0. The van der Waals surface area contributed by atoms with Crippen LogP contribution in [0.25, 0.3) is 0 Å². The molecule has 0 aromatic heterocycles. The lowest BCUT2D eigenvalue weighted by Gasteiger charge is -1.73. The molecule has 0 fully saturated rings. The molecule has 2 heteroatoms. The van der Waals surface area contributed by atoms with Crippen LogP contribution in [0, 0.1) is 6.92 Å². The van der Waals surface area contributed by atoms with Gasteiger partial charge < -0.3 is 0 Å². The molecule has 0 amide bonds. The van der Waals surface area contributed by atoms with E-state index in [1.165, 1.54) is 0 Å². The minimum Gasteiger partial charge on any atom is -0.236 e. The maximum absolute atomic E-state index is 10.8. The van der Waals surface area contributed by atoms with Crippen molar-refractivity contribution >= 4 is 12.6 Å². The summed E-state index contributed by atoms with van der Waals surface area (Å²) >= 11 is 3.19. The molecule has 4 heavy (non-hydrogen) atoms. The van der Waals surface area contributed by atoms with Gasteiger partial charge in [-0.1, -0.05) is 0 Å². The molecule has 1 radical (unpaired) electrons. The molecule has 0 aliphatic carbocycles. The van der Waals surface area contributed by atoms with Gasteiger partial charge in [-0.25, -0.2) is 4.39 Å². The summed E-state index contributed by atoms with van der Waals surface area (Å²) in [5.41, 5.74) is -1.22. The minimum atomic E-state index is -1.22. The standard InChI is InChI=1S/C2H4FS/c1-2(3)4/h2,4H,1H2. The van der Waals surface area contributed by atoms with Crippen LogP contribution >= 0.6 is 12.6 Å². The van der Waals surface area contributed by atoms with Crippen LogP contribution in [0.15, 0.2) is 0 Å². The van der Waals surface area contributed by atoms with Crippen LogP contribution in [0.4, 0.5) is 4.39 Å². The van der Waals surface area contributed by atoms with Crippen molar-refractivity contribution in [3.63, 3.8) is 0 Å². The van der Waals surface area contributed by atoms with Crippen molar-refractivity contribution in [2.45, 2.75) is 5.50 Å². The average Bonchev–Trinajstić information content (AvgIpc) is 0.811. The fourth-order valence-corrected chi connectivity index (χ4v) is 0. The third kappa shape index (κ3) is 47.6. The van der Waals surface area contributed by atoms with Crippen LogP contribution in [-0.4, -0.2) is 5.50 Å². The van der Waals surface area contributed by atoms with Crippen molar-refractivity contribution in [1.82, 2.24) is 0 Å². The fraction of sp³-hybridized carbons (Fsp3) is 0.500. The molecule has 0 saturated carbocycles. The monoisotopic (exact) mass is 79.0 g/mol. The molecule has 1 atom stereocenters. The van der Waals surface area contributed by atoms with Gasteiger partial charge in [0.2, 0.25) is 0 Å². The van der Waals surface area contributed by atoms with Crippen LogP contribution in [0.1, 0.15) is 0 Å². The van der Waals surface area contributed by atoms with E-state index >= 15 is 0 Å². The zero-order chi connectivity index (χ0) is 3.58. The highest BCUT2D eigenvalue weighted by atomic mass is 32.1. The van der Waals surface area contributed by atoms with Gasteiger partial charge >= 0.3 is 0 Å². The lowest BCUT2D eigenvalue weighted by atomic mass is 10.9. The van der Waals surface area contributed by atoms with E-state index in [4.69, 9.17) is 0 Å². The van der Waals surface area contributed by atoms with Gasteiger partial charge in [-0.05, 0) is 6.92 Å². The van der Waals surface area contributed by atoms with Gasteiger partial charge in [0.05, 0.1) is 0 Å². The molecule has 1 unspecified atom stereocenters. The van der Waals surface area contributed by atoms with Crippen LogP contribution in [0.2, 0.25) is 0 Å². The highest BCUT2D eigenvalue weighted by Crippen LogP contribution is 1.87. The van der Waals surface area contributed by atoms with E-state index in [2.05, 4.69) is 19.6 Å². The number of alkyl halides is 1. The Morgan fingerprint density at radius 3 is 2.00 bits per heavy atom. The van der Waals surface area contributed by atoms with Crippen LogP contribution < -0.4 is 0 Å². The minimum absolute atomic E-state index is 1.22. The molecule has 0 spiro atoms. The number of hydrogen-bond acceptors (Lipinski definition) is 1. The Morgan fingerprint density at radius 2 is 2.00 bits per heavy atom. The van der Waals surface area contributed by atoms with Crippen molar-refractivity contribution in [2.24, 2.45) is 0 Å². The quantitative estimate of drug-likeness (QED) is 0.412. The molecular weight excluding hydrogens is 75.1 g/mol. The molecule has 0 aromatic rings. The highest BCUT2D eigenvalue weighted by Gasteiger charge is 1.75. The van der Waals surface area contributed by atoms with Gasteiger partial charge in [0.1, 0.15) is 5.50 Å². The summed E-state index contributed by atoms with van der Waals surface area (Å²) in [5, 5.41) is 0. The van der Waals surface area contributed by atoms with E-state index in [9.17, 15) is 4.39 Å². The Labute approximate surface area is 30.4 Å². The SMILES string of the molecule is [CH2]C(F)S. The number of rotatable bonds is 0. The first-order valence-electron chi connectivity index (χ1n) is 0.885. The predicted molar refractivity (Wildman–Crippen MR) is 19.2 cm³/mol. The molecule has 0 N–H and O–H groups in total. The topological polar surface area (TPSA) is 0 Å². The normalized spacial score (nSPS) is 15.8. The summed E-state index contributed by atoms with van der Waals surface area (Å²) in [7, 11) is 0. The smallest absolute Gasteiger partial charge is 0.143 e. The average molecular weight is 79.1 g/mol. The molecule has 0 aromatic carbocycles. The van der Waals surface area contributed by atoms with Crippen LogP contribution in [0.3, 0.4) is 0 Å². The maximum atomic E-state index is 10.8. The van der Waals surface area contributed by atoms with Crippen molar-refractivity contribution in [3.05, 3.63) is 6.92 Å². The summed E-state index contributed by atoms with van der Waals surface area (Å²) in [6, 6.07) is 0. The summed E-state index contributed by atoms with van der Waals surface area (Å²) in [6.07, 6.45) is 0. The first kappa shape index (κ1) is 4.28. The molecule has 0 bridgehead atoms. The Morgan fingerprint density at radius 1 is 2.00 bits per heavy atom. The van der Waals surface area contributed by atoms with E-state index < -0.39 is 5.50 Å². The van der Waals surface area contributed by atoms with Crippen molar-refractivity contribution in [3.8, 4) is 0 Å². The second-order valence-electron chi connectivity index (χ2n) is 0.434. The van der Waals surface area contributed by atoms with Crippen molar-refractivity contribution in [1.29, 1.82) is 0 Å². The Bertz CT molecular complexity index is 10.8. The van der Waals surface area contributed by atoms with E-state index in [0.29, 0.717) is 0 Å². The molecule has 25 valence electrons. The first-order valence-corrected chi connectivity index (χ1v) is 1.40. The number of halogens is 1. The van der Waals surface area contributed by atoms with E-state index in [0.717, 1.165) is 0 Å². The van der Waals surface area contributed by atoms with Gasteiger partial charge in [0.25, 0.3) is 0 Å². The Balaban J connectivity index is 2.32. The number of thiol groups is 1. The van der Waals surface area contributed by atoms with E-state index in [1.54, 1.807) is 0 Å². The second kappa shape index (κ2) is 1.58. The predicted octanol–water partition coefficient (Wildman–Crippen LogP) is 1.05. The molecule has 0 nitrogen and oxygen atoms in total. The van der Waals surface area contributed by atoms with Gasteiger partial charge in [0, 0.05) is 0 Å². The van der Waals surface area contributed by atoms with Gasteiger partial charge in [-0.2, -0.15) is 0 Å². The Kier molecular flexibility index (Phi) is 1.70. The molecule has 0 saturated heterocycles. The van der Waals surface area contributed by atoms with Crippen molar-refractivity contribution < 1.29 is 4.39 Å². The zero-order valence-corrected chi connectivity index (χ0v) is 3.00. The molecular formula is C2H4FS. The van der Waals surface area contributed by atoms with Crippen molar-refractivity contribution in [2.75, 3.05) is 0 Å². The molecule has 0 rings (SSSR count). The van der Waals surface area contributed by atoms with E-state index in [-0.39, 0.29) is 0 Å². The second-order valence-corrected chi connectivity index (χ2v) is 0.995. The third-order valence-corrected chi connectivity index (χ3v) is 0. The zero-order valence-electron chi connectivity index (χ0n) is 2.11. The van der Waals surface area contributed by atoms with Gasteiger partial charge in [0.15, 0.2) is 0 Å². The Hall–Kier alpha value is 0.280. The fourth-order valence-electron chi connectivity index (χ4n) is 0. The number of hydrogen-bond donors (Lipinski definition) is 1. The lowest BCUT2D eigenvalue weighted by Crippen LogP contribution is -1.68. The summed E-state index contributed by atoms with van der Waals surface area (Å²) in [4.78, 5) is 0. The van der Waals surface area contributed by atoms with Crippen LogP contribution in [0.5, 0.6) is 0 Å². The maximum Gasteiger partial charge on any atom is 0.143 e. The largest absolute Gasteiger partial charge is 0.236 e. The highest BCUT2D eigenvalue weighted by molar-refractivity contribution is 7.80. The van der Waals surface area contributed by atoms with Crippen LogP contribution in [-0.2, 0) is 0 Å². The third-order valence-electron chi connectivity index (χ3n) is 0. The molecule has 0 aliphatic heterocycles. The summed E-state index contributed by atoms with van der Waals surface area (Å²) in [6.45, 7) is 2.84. The lowest BCUT2D eigenvalue weighted by molar-refractivity contribution is 0.521. The summed E-state index contributed by atoms with van der Waals surface area (Å²) < 4.78 is 10.8.